The van der Waals surface area contributed by atoms with E-state index in [-0.39, 0.29) is 11.8 Å². The van der Waals surface area contributed by atoms with Crippen LogP contribution in [0.15, 0.2) is 30.6 Å². The first kappa shape index (κ1) is 21.3. The van der Waals surface area contributed by atoms with Crippen molar-refractivity contribution in [2.75, 3.05) is 26.1 Å². The maximum absolute atomic E-state index is 12.5. The number of carbonyl (C=O) groups excluding carboxylic acids is 2. The molecule has 1 aromatic carbocycles. The highest BCUT2D eigenvalue weighted by Gasteiger charge is 2.30. The van der Waals surface area contributed by atoms with E-state index >= 15 is 0 Å². The largest absolute Gasteiger partial charge is 0.493 e. The van der Waals surface area contributed by atoms with Crippen LogP contribution in [0.4, 0.5) is 5.69 Å². The van der Waals surface area contributed by atoms with E-state index in [0.29, 0.717) is 29.3 Å². The molecule has 0 bridgehead atoms. The molecule has 2 amide bonds. The molecule has 1 heterocycles. The predicted octanol–water partition coefficient (Wildman–Crippen LogP) is 2.80. The van der Waals surface area contributed by atoms with E-state index in [9.17, 15) is 9.59 Å². The Morgan fingerprint density at radius 3 is 2.54 bits per heavy atom. The fourth-order valence-corrected chi connectivity index (χ4v) is 2.57. The monoisotopic (exact) mass is 388 g/mol. The lowest BCUT2D eigenvalue weighted by Crippen LogP contribution is -2.45. The topological polar surface area (TPSA) is 94.5 Å². The van der Waals surface area contributed by atoms with Gasteiger partial charge in [-0.15, -0.1) is 0 Å². The van der Waals surface area contributed by atoms with Crippen LogP contribution in [0.5, 0.6) is 11.5 Å². The highest BCUT2D eigenvalue weighted by Crippen LogP contribution is 2.28. The number of rotatable bonds is 9. The molecule has 2 rings (SSSR count). The van der Waals surface area contributed by atoms with E-state index < -0.39 is 5.54 Å². The van der Waals surface area contributed by atoms with Crippen molar-refractivity contribution in [2.45, 2.75) is 39.2 Å². The Bertz CT molecular complexity index is 829. The second-order valence-corrected chi connectivity index (χ2v) is 6.87. The minimum atomic E-state index is -0.875. The maximum atomic E-state index is 12.5. The number of nitrogens with zero attached hydrogens (tertiary/aromatic N) is 2. The third-order valence-corrected chi connectivity index (χ3v) is 4.43. The molecule has 28 heavy (non-hydrogen) atoms. The molecule has 2 N–H and O–H groups in total. The zero-order valence-corrected chi connectivity index (χ0v) is 17.0. The van der Waals surface area contributed by atoms with Gasteiger partial charge < -0.3 is 20.1 Å². The fraction of sp³-hybridized carbons (Fsp3) is 0.450. The highest BCUT2D eigenvalue weighted by molar-refractivity contribution is 6.04. The third kappa shape index (κ3) is 4.82. The number of carbonyl (C=O) groups is 2. The molecule has 8 heteroatoms. The summed E-state index contributed by atoms with van der Waals surface area (Å²) in [5.41, 5.74) is 0.0382. The minimum Gasteiger partial charge on any atom is -0.493 e. The molecule has 152 valence electrons. The lowest BCUT2D eigenvalue weighted by atomic mass is 10.1. The first-order valence-corrected chi connectivity index (χ1v) is 9.20. The summed E-state index contributed by atoms with van der Waals surface area (Å²) >= 11 is 0. The van der Waals surface area contributed by atoms with Crippen molar-refractivity contribution in [3.05, 3.63) is 36.2 Å². The number of methoxy groups -OCH3 is 2. The molecule has 2 aromatic rings. The van der Waals surface area contributed by atoms with Gasteiger partial charge in [-0.3, -0.25) is 14.3 Å². The summed E-state index contributed by atoms with van der Waals surface area (Å²) in [6.07, 6.45) is 5.08. The summed E-state index contributed by atoms with van der Waals surface area (Å²) in [5, 5.41) is 9.93. The van der Waals surface area contributed by atoms with Crippen LogP contribution in [0.2, 0.25) is 0 Å². The number of hydrogen-bond acceptors (Lipinski definition) is 5. The fourth-order valence-electron chi connectivity index (χ4n) is 2.57. The summed E-state index contributed by atoms with van der Waals surface area (Å²) in [4.78, 5) is 25.0. The van der Waals surface area contributed by atoms with Crippen LogP contribution in [0.1, 0.15) is 44.0 Å². The van der Waals surface area contributed by atoms with Gasteiger partial charge in [0.05, 0.1) is 26.1 Å². The van der Waals surface area contributed by atoms with Gasteiger partial charge in [0, 0.05) is 18.3 Å². The Labute approximate surface area is 165 Å². The Morgan fingerprint density at radius 1 is 1.18 bits per heavy atom. The second-order valence-electron chi connectivity index (χ2n) is 6.87. The highest BCUT2D eigenvalue weighted by atomic mass is 16.5. The number of unbranched alkanes of at least 4 members (excludes halogenated alkanes) is 1. The van der Waals surface area contributed by atoms with Crippen molar-refractivity contribution in [3.63, 3.8) is 0 Å². The van der Waals surface area contributed by atoms with Crippen molar-refractivity contribution in [1.29, 1.82) is 0 Å². The van der Waals surface area contributed by atoms with Crippen LogP contribution < -0.4 is 20.1 Å². The van der Waals surface area contributed by atoms with Crippen LogP contribution in [-0.4, -0.2) is 42.4 Å². The average Bonchev–Trinajstić information content (AvgIpc) is 3.16. The van der Waals surface area contributed by atoms with E-state index in [4.69, 9.17) is 9.47 Å². The smallest absolute Gasteiger partial charge is 0.255 e. The first-order chi connectivity index (χ1) is 13.3. The molecule has 0 saturated heterocycles. The molecule has 0 spiro atoms. The standard InChI is InChI=1S/C20H28N4O4/c1-6-7-10-21-19(26)20(2,3)24-13-15(12-22-24)23-18(25)14-8-9-16(27-4)17(11-14)28-5/h8-9,11-13H,6-7,10H2,1-5H3,(H,21,26)(H,23,25). The van der Waals surface area contributed by atoms with E-state index in [1.54, 1.807) is 42.9 Å². The second kappa shape index (κ2) is 9.25. The number of ether oxygens (including phenoxy) is 2. The summed E-state index contributed by atoms with van der Waals surface area (Å²) < 4.78 is 11.9. The van der Waals surface area contributed by atoms with Crippen molar-refractivity contribution >= 4 is 17.5 Å². The quantitative estimate of drug-likeness (QED) is 0.644. The van der Waals surface area contributed by atoms with Crippen molar-refractivity contribution in [1.82, 2.24) is 15.1 Å². The zero-order valence-electron chi connectivity index (χ0n) is 17.0. The van der Waals surface area contributed by atoms with Gasteiger partial charge in [-0.2, -0.15) is 5.10 Å². The van der Waals surface area contributed by atoms with Gasteiger partial charge in [0.1, 0.15) is 5.54 Å². The minimum absolute atomic E-state index is 0.123. The number of hydrogen-bond donors (Lipinski definition) is 2. The number of benzene rings is 1. The molecule has 0 aliphatic rings. The van der Waals surface area contributed by atoms with Gasteiger partial charge in [-0.25, -0.2) is 0 Å². The summed E-state index contributed by atoms with van der Waals surface area (Å²) in [6.45, 7) is 6.25. The summed E-state index contributed by atoms with van der Waals surface area (Å²) in [6, 6.07) is 4.91. The molecule has 8 nitrogen and oxygen atoms in total. The number of anilines is 1. The van der Waals surface area contributed by atoms with E-state index in [1.165, 1.54) is 20.4 Å². The Hall–Kier alpha value is -3.03. The van der Waals surface area contributed by atoms with Gasteiger partial charge >= 0.3 is 0 Å². The maximum Gasteiger partial charge on any atom is 0.255 e. The van der Waals surface area contributed by atoms with Crippen LogP contribution in [0.3, 0.4) is 0 Å². The van der Waals surface area contributed by atoms with E-state index in [2.05, 4.69) is 22.7 Å². The van der Waals surface area contributed by atoms with Crippen molar-refractivity contribution in [3.8, 4) is 11.5 Å². The lowest BCUT2D eigenvalue weighted by molar-refractivity contribution is -0.128. The SMILES string of the molecule is CCCCNC(=O)C(C)(C)n1cc(NC(=O)c2ccc(OC)c(OC)c2)cn1. The molecule has 0 aliphatic heterocycles. The molecular weight excluding hydrogens is 360 g/mol. The molecule has 0 saturated carbocycles. The summed E-state index contributed by atoms with van der Waals surface area (Å²) in [7, 11) is 3.04. The molecule has 0 unspecified atom stereocenters. The Morgan fingerprint density at radius 2 is 1.89 bits per heavy atom. The zero-order chi connectivity index (χ0) is 20.7. The molecule has 0 fully saturated rings. The molecule has 0 aliphatic carbocycles. The van der Waals surface area contributed by atoms with Gasteiger partial charge in [0.2, 0.25) is 5.91 Å². The van der Waals surface area contributed by atoms with Crippen molar-refractivity contribution < 1.29 is 19.1 Å². The van der Waals surface area contributed by atoms with E-state index in [1.807, 2.05) is 0 Å². The third-order valence-electron chi connectivity index (χ3n) is 4.43. The van der Waals surface area contributed by atoms with E-state index in [0.717, 1.165) is 12.8 Å². The van der Waals surface area contributed by atoms with Crippen LogP contribution in [0.25, 0.3) is 0 Å². The van der Waals surface area contributed by atoms with Gasteiger partial charge in [-0.1, -0.05) is 13.3 Å². The molecule has 0 radical (unpaired) electrons. The first-order valence-electron chi connectivity index (χ1n) is 9.20. The van der Waals surface area contributed by atoms with Gasteiger partial charge in [-0.05, 0) is 38.5 Å². The number of amides is 2. The molecular formula is C20H28N4O4. The number of nitrogens with one attached hydrogen (secondary N) is 2. The van der Waals surface area contributed by atoms with Gasteiger partial charge in [0.15, 0.2) is 11.5 Å². The summed E-state index contributed by atoms with van der Waals surface area (Å²) in [5.74, 6) is 0.575. The van der Waals surface area contributed by atoms with Crippen LogP contribution >= 0.6 is 0 Å². The van der Waals surface area contributed by atoms with Crippen LogP contribution in [0, 0.1) is 0 Å². The molecule has 1 aromatic heterocycles. The predicted molar refractivity (Wildman–Crippen MR) is 107 cm³/mol. The Balaban J connectivity index is 2.09. The normalized spacial score (nSPS) is 11.0. The molecule has 0 atom stereocenters. The van der Waals surface area contributed by atoms with Crippen molar-refractivity contribution in [2.24, 2.45) is 0 Å². The van der Waals surface area contributed by atoms with Crippen LogP contribution in [-0.2, 0) is 10.3 Å². The number of aromatic nitrogens is 2. The average molecular weight is 388 g/mol. The van der Waals surface area contributed by atoms with Gasteiger partial charge in [0.25, 0.3) is 5.91 Å². The Kier molecular flexibility index (Phi) is 7.03. The lowest BCUT2D eigenvalue weighted by Gasteiger charge is -2.24.